The number of ether oxygens (including phenoxy) is 3. The van der Waals surface area contributed by atoms with Gasteiger partial charge >= 0.3 is 17.9 Å². The number of esters is 3. The Morgan fingerprint density at radius 2 is 1.00 bits per heavy atom. The molecule has 1 unspecified atom stereocenters. The Labute approximate surface area is 304 Å². The zero-order valence-electron chi connectivity index (χ0n) is 32.1. The van der Waals surface area contributed by atoms with Gasteiger partial charge in [0.05, 0.1) is 0 Å². The Kier molecular flexibility index (Phi) is 32.6. The molecule has 0 aliphatic carbocycles. The van der Waals surface area contributed by atoms with E-state index in [4.69, 9.17) is 25.7 Å². The van der Waals surface area contributed by atoms with Crippen molar-refractivity contribution in [2.24, 2.45) is 16.5 Å². The minimum Gasteiger partial charge on any atom is -0.462 e. The van der Waals surface area contributed by atoms with Crippen LogP contribution in [0, 0.1) is 0 Å². The molecule has 0 aromatic heterocycles. The number of aliphatic imine (C=N–C) groups is 1. The second-order valence-electron chi connectivity index (χ2n) is 13.7. The molecule has 0 rings (SSSR count). The summed E-state index contributed by atoms with van der Waals surface area (Å²) in [5, 5.41) is 2.58. The number of rotatable bonds is 35. The summed E-state index contributed by atoms with van der Waals surface area (Å²) in [4.78, 5) is 53.7. The zero-order valence-corrected chi connectivity index (χ0v) is 32.1. The van der Waals surface area contributed by atoms with E-state index in [2.05, 4.69) is 24.2 Å². The third-order valence-corrected chi connectivity index (χ3v) is 8.72. The van der Waals surface area contributed by atoms with Crippen molar-refractivity contribution in [3.8, 4) is 0 Å². The van der Waals surface area contributed by atoms with Gasteiger partial charge in [0.1, 0.15) is 19.3 Å². The number of nitrogens with zero attached hydrogens (tertiary/aromatic N) is 1. The Hall–Kier alpha value is -2.85. The van der Waals surface area contributed by atoms with Gasteiger partial charge in [-0.1, -0.05) is 142 Å². The zero-order chi connectivity index (χ0) is 37.1. The maximum atomic E-state index is 12.9. The Balaban J connectivity index is 4.72. The lowest BCUT2D eigenvalue weighted by molar-refractivity contribution is -0.167. The van der Waals surface area contributed by atoms with Gasteiger partial charge in [0.15, 0.2) is 12.1 Å². The van der Waals surface area contributed by atoms with E-state index in [0.717, 1.165) is 38.5 Å². The molecule has 0 aliphatic heterocycles. The summed E-state index contributed by atoms with van der Waals surface area (Å²) in [6.07, 6.45) is 26.2. The topological polar surface area (TPSA) is 172 Å². The van der Waals surface area contributed by atoms with Crippen LogP contribution in [0.3, 0.4) is 0 Å². The molecule has 50 heavy (non-hydrogen) atoms. The molecular formula is C39H74N4O7. The van der Waals surface area contributed by atoms with Crippen molar-refractivity contribution in [3.05, 3.63) is 0 Å². The quantitative estimate of drug-likeness (QED) is 0.0194. The second-order valence-corrected chi connectivity index (χ2v) is 13.7. The molecular weight excluding hydrogens is 636 g/mol. The minimum atomic E-state index is -0.944. The van der Waals surface area contributed by atoms with Crippen molar-refractivity contribution in [3.63, 3.8) is 0 Å². The number of carbonyl (C=O) groups is 4. The molecule has 0 aliphatic rings. The van der Waals surface area contributed by atoms with Gasteiger partial charge in [-0.15, -0.1) is 0 Å². The van der Waals surface area contributed by atoms with Crippen LogP contribution in [-0.2, 0) is 33.4 Å². The van der Waals surface area contributed by atoms with E-state index < -0.39 is 24.1 Å². The molecule has 0 spiro atoms. The van der Waals surface area contributed by atoms with Gasteiger partial charge < -0.3 is 31.0 Å². The highest BCUT2D eigenvalue weighted by atomic mass is 16.6. The molecule has 292 valence electrons. The third kappa shape index (κ3) is 32.4. The number of hydrogen-bond acceptors (Lipinski definition) is 8. The van der Waals surface area contributed by atoms with Crippen molar-refractivity contribution in [1.82, 2.24) is 5.32 Å². The summed E-state index contributed by atoms with van der Waals surface area (Å²) in [5.74, 6) is -1.91. The first kappa shape index (κ1) is 47.1. The van der Waals surface area contributed by atoms with E-state index in [0.29, 0.717) is 19.4 Å². The summed E-state index contributed by atoms with van der Waals surface area (Å²) in [6, 6.07) is -0.919. The fraction of sp³-hybridized carbons (Fsp3) is 0.872. The summed E-state index contributed by atoms with van der Waals surface area (Å²) in [7, 11) is 0. The Morgan fingerprint density at radius 1 is 0.580 bits per heavy atom. The molecule has 0 aromatic carbocycles. The van der Waals surface area contributed by atoms with Gasteiger partial charge in [-0.05, 0) is 25.7 Å². The molecule has 0 heterocycles. The highest BCUT2D eigenvalue weighted by Crippen LogP contribution is 2.14. The van der Waals surface area contributed by atoms with Gasteiger partial charge in [0.2, 0.25) is 5.91 Å². The van der Waals surface area contributed by atoms with Crippen LogP contribution in [0.2, 0.25) is 0 Å². The minimum absolute atomic E-state index is 0.0560. The highest BCUT2D eigenvalue weighted by Gasteiger charge is 2.24. The standard InChI is InChI=1S/C39H74N4O7/c1-4-6-8-10-12-14-16-18-20-22-24-28-36(45)48-31-34(32-49-38(47)35(43-33(3)44)27-26-30-42-39(40)41)50-37(46)29-25-23-21-19-17-15-13-11-9-7-5-2/h34-35H,4-32H2,1-3H3,(H,43,44)(H4,40,41,42)/t34?,35-/m0/s1. The monoisotopic (exact) mass is 711 g/mol. The third-order valence-electron chi connectivity index (χ3n) is 8.72. The van der Waals surface area contributed by atoms with Crippen LogP contribution in [0.15, 0.2) is 4.99 Å². The lowest BCUT2D eigenvalue weighted by Crippen LogP contribution is -2.42. The molecule has 1 amide bonds. The number of amides is 1. The van der Waals surface area contributed by atoms with Crippen LogP contribution in [0.5, 0.6) is 0 Å². The summed E-state index contributed by atoms with van der Waals surface area (Å²) < 4.78 is 16.5. The van der Waals surface area contributed by atoms with Gasteiger partial charge in [0, 0.05) is 26.3 Å². The molecule has 0 saturated carbocycles. The van der Waals surface area contributed by atoms with E-state index in [1.807, 2.05) is 0 Å². The van der Waals surface area contributed by atoms with Crippen LogP contribution in [0.25, 0.3) is 0 Å². The van der Waals surface area contributed by atoms with E-state index in [1.54, 1.807) is 0 Å². The molecule has 0 saturated heterocycles. The van der Waals surface area contributed by atoms with Crippen molar-refractivity contribution < 1.29 is 33.4 Å². The number of hydrogen-bond donors (Lipinski definition) is 3. The first-order valence-corrected chi connectivity index (χ1v) is 20.0. The number of carbonyl (C=O) groups excluding carboxylic acids is 4. The first-order chi connectivity index (χ1) is 24.2. The fourth-order valence-corrected chi connectivity index (χ4v) is 5.76. The van der Waals surface area contributed by atoms with E-state index in [1.165, 1.54) is 103 Å². The largest absolute Gasteiger partial charge is 0.462 e. The molecule has 5 N–H and O–H groups in total. The predicted octanol–water partition coefficient (Wildman–Crippen LogP) is 7.95. The fourth-order valence-electron chi connectivity index (χ4n) is 5.76. The van der Waals surface area contributed by atoms with Crippen molar-refractivity contribution in [1.29, 1.82) is 0 Å². The Bertz CT molecular complexity index is 896. The van der Waals surface area contributed by atoms with Crippen LogP contribution in [0.4, 0.5) is 0 Å². The summed E-state index contributed by atoms with van der Waals surface area (Å²) >= 11 is 0. The van der Waals surface area contributed by atoms with Crippen LogP contribution >= 0.6 is 0 Å². The number of nitrogens with two attached hydrogens (primary N) is 2. The maximum Gasteiger partial charge on any atom is 0.328 e. The molecule has 0 fully saturated rings. The average Bonchev–Trinajstić information content (AvgIpc) is 3.08. The van der Waals surface area contributed by atoms with Gasteiger partial charge in [-0.2, -0.15) is 0 Å². The van der Waals surface area contributed by atoms with Gasteiger partial charge in [-0.3, -0.25) is 19.4 Å². The highest BCUT2D eigenvalue weighted by molar-refractivity contribution is 5.83. The lowest BCUT2D eigenvalue weighted by atomic mass is 10.1. The molecule has 0 bridgehead atoms. The maximum absolute atomic E-state index is 12.9. The molecule has 0 aromatic rings. The predicted molar refractivity (Wildman–Crippen MR) is 201 cm³/mol. The molecule has 2 atom stereocenters. The molecule has 11 nitrogen and oxygen atoms in total. The summed E-state index contributed by atoms with van der Waals surface area (Å²) in [6.45, 7) is 5.56. The molecule has 11 heteroatoms. The lowest BCUT2D eigenvalue weighted by Gasteiger charge is -2.21. The number of nitrogens with one attached hydrogen (secondary N) is 1. The SMILES string of the molecule is CCCCCCCCCCCCCC(=O)OCC(COC(=O)[C@H](CCCN=C(N)N)NC(C)=O)OC(=O)CCCCCCCCCCCCC. The van der Waals surface area contributed by atoms with Crippen LogP contribution in [0.1, 0.15) is 188 Å². The normalized spacial score (nSPS) is 12.1. The van der Waals surface area contributed by atoms with Crippen molar-refractivity contribution in [2.45, 2.75) is 200 Å². The van der Waals surface area contributed by atoms with Gasteiger partial charge in [-0.25, -0.2) is 4.79 Å². The number of guanidine groups is 1. The summed E-state index contributed by atoms with van der Waals surface area (Å²) in [5.41, 5.74) is 10.7. The smallest absolute Gasteiger partial charge is 0.328 e. The van der Waals surface area contributed by atoms with E-state index >= 15 is 0 Å². The van der Waals surface area contributed by atoms with Gasteiger partial charge in [0.25, 0.3) is 0 Å². The average molecular weight is 711 g/mol. The number of unbranched alkanes of at least 4 members (excludes halogenated alkanes) is 20. The van der Waals surface area contributed by atoms with Crippen molar-refractivity contribution in [2.75, 3.05) is 19.8 Å². The van der Waals surface area contributed by atoms with E-state index in [-0.39, 0.29) is 50.3 Å². The van der Waals surface area contributed by atoms with E-state index in [9.17, 15) is 19.2 Å². The van der Waals surface area contributed by atoms with Crippen LogP contribution in [-0.4, -0.2) is 61.7 Å². The second kappa shape index (κ2) is 34.6. The Morgan fingerprint density at radius 3 is 1.44 bits per heavy atom. The van der Waals surface area contributed by atoms with Crippen molar-refractivity contribution >= 4 is 29.8 Å². The van der Waals surface area contributed by atoms with Crippen LogP contribution < -0.4 is 16.8 Å². The first-order valence-electron chi connectivity index (χ1n) is 20.0. The molecule has 0 radical (unpaired) electrons.